The van der Waals surface area contributed by atoms with E-state index in [0.717, 1.165) is 11.1 Å². The number of esters is 2. The third-order valence-electron chi connectivity index (χ3n) is 4.93. The molecular formula is C25H30N2O6. The van der Waals surface area contributed by atoms with Crippen molar-refractivity contribution in [1.82, 2.24) is 10.2 Å². The molecule has 8 nitrogen and oxygen atoms in total. The number of hydrogen-bond acceptors (Lipinski definition) is 7. The zero-order valence-corrected chi connectivity index (χ0v) is 19.2. The van der Waals surface area contributed by atoms with Crippen LogP contribution in [-0.4, -0.2) is 53.7 Å². The molecule has 1 aliphatic rings. The Morgan fingerprint density at radius 2 is 1.42 bits per heavy atom. The van der Waals surface area contributed by atoms with Gasteiger partial charge in [0.25, 0.3) is 0 Å². The van der Waals surface area contributed by atoms with Gasteiger partial charge < -0.3 is 19.5 Å². The van der Waals surface area contributed by atoms with Crippen LogP contribution in [0, 0.1) is 0 Å². The quantitative estimate of drug-likeness (QED) is 0.530. The Balaban J connectivity index is 1.76. The molecule has 0 radical (unpaired) electrons. The van der Waals surface area contributed by atoms with E-state index in [4.69, 9.17) is 14.2 Å². The van der Waals surface area contributed by atoms with Gasteiger partial charge in [0.05, 0.1) is 0 Å². The van der Waals surface area contributed by atoms with Gasteiger partial charge in [-0.3, -0.25) is 9.69 Å². The second-order valence-electron chi connectivity index (χ2n) is 8.74. The molecule has 2 atom stereocenters. The molecule has 0 saturated carbocycles. The minimum atomic E-state index is -1.22. The first kappa shape index (κ1) is 24.3. The fraction of sp³-hybridized carbons (Fsp3) is 0.400. The number of carbonyl (C=O) groups is 3. The van der Waals surface area contributed by atoms with E-state index < -0.39 is 35.7 Å². The summed E-state index contributed by atoms with van der Waals surface area (Å²) >= 11 is 0. The number of carbonyl (C=O) groups excluding carboxylic acids is 3. The minimum absolute atomic E-state index is 0.0180. The van der Waals surface area contributed by atoms with Crippen LogP contribution in [0.1, 0.15) is 31.9 Å². The number of amides is 1. The molecule has 1 fully saturated rings. The molecule has 2 aromatic rings. The Morgan fingerprint density at radius 1 is 0.879 bits per heavy atom. The van der Waals surface area contributed by atoms with Crippen LogP contribution in [-0.2, 0) is 37.0 Å². The van der Waals surface area contributed by atoms with E-state index in [9.17, 15) is 14.4 Å². The summed E-state index contributed by atoms with van der Waals surface area (Å²) in [6.45, 7) is 5.76. The molecule has 1 amide bonds. The van der Waals surface area contributed by atoms with Gasteiger partial charge in [-0.1, -0.05) is 60.7 Å². The highest BCUT2D eigenvalue weighted by Gasteiger charge is 2.46. The van der Waals surface area contributed by atoms with Crippen LogP contribution in [0.25, 0.3) is 0 Å². The van der Waals surface area contributed by atoms with Gasteiger partial charge in [-0.2, -0.15) is 0 Å². The standard InChI is InChI=1S/C25H30N2O6/c1-25(2,3)33-22(28)20-21(23(29)31-16-18-10-6-4-7-11-18)27(15-14-26-20)24(30)32-17-19-12-8-5-9-13-19/h4-13,20-21,26H,14-17H2,1-3H3/t20-,21+/m1/s1. The highest BCUT2D eigenvalue weighted by molar-refractivity contribution is 5.90. The molecule has 176 valence electrons. The molecule has 1 aliphatic heterocycles. The summed E-state index contributed by atoms with van der Waals surface area (Å²) in [6, 6.07) is 16.1. The van der Waals surface area contributed by atoms with Crippen LogP contribution < -0.4 is 5.32 Å². The van der Waals surface area contributed by atoms with Crippen LogP contribution in [0.5, 0.6) is 0 Å². The fourth-order valence-corrected chi connectivity index (χ4v) is 3.43. The van der Waals surface area contributed by atoms with E-state index in [1.54, 1.807) is 20.8 Å². The lowest BCUT2D eigenvalue weighted by Crippen LogP contribution is -2.66. The molecular weight excluding hydrogens is 424 g/mol. The lowest BCUT2D eigenvalue weighted by Gasteiger charge is -2.39. The Hall–Kier alpha value is -3.39. The van der Waals surface area contributed by atoms with Crippen LogP contribution in [0.15, 0.2) is 60.7 Å². The molecule has 8 heteroatoms. The predicted molar refractivity (Wildman–Crippen MR) is 121 cm³/mol. The van der Waals surface area contributed by atoms with Crippen molar-refractivity contribution in [2.45, 2.75) is 51.7 Å². The summed E-state index contributed by atoms with van der Waals surface area (Å²) in [5.41, 5.74) is 0.849. The topological polar surface area (TPSA) is 94.2 Å². The number of nitrogens with zero attached hydrogens (tertiary/aromatic N) is 1. The van der Waals surface area contributed by atoms with Gasteiger partial charge in [0.15, 0.2) is 6.04 Å². The molecule has 1 heterocycles. The van der Waals surface area contributed by atoms with Crippen molar-refractivity contribution in [2.24, 2.45) is 0 Å². The lowest BCUT2D eigenvalue weighted by molar-refractivity contribution is -0.167. The predicted octanol–water partition coefficient (Wildman–Crippen LogP) is 3.05. The summed E-state index contributed by atoms with van der Waals surface area (Å²) in [4.78, 5) is 40.2. The third-order valence-corrected chi connectivity index (χ3v) is 4.93. The molecule has 1 saturated heterocycles. The highest BCUT2D eigenvalue weighted by Crippen LogP contribution is 2.19. The Morgan fingerprint density at radius 3 is 1.97 bits per heavy atom. The molecule has 2 aromatic carbocycles. The van der Waals surface area contributed by atoms with Crippen LogP contribution in [0.2, 0.25) is 0 Å². The first-order valence-electron chi connectivity index (χ1n) is 10.9. The lowest BCUT2D eigenvalue weighted by atomic mass is 10.0. The molecule has 0 bridgehead atoms. The summed E-state index contributed by atoms with van der Waals surface area (Å²) in [5.74, 6) is -1.34. The molecule has 0 spiro atoms. The molecule has 0 aromatic heterocycles. The maximum atomic E-state index is 13.1. The second kappa shape index (κ2) is 11.0. The summed E-state index contributed by atoms with van der Waals surface area (Å²) in [6.07, 6.45) is -0.699. The minimum Gasteiger partial charge on any atom is -0.459 e. The van der Waals surface area contributed by atoms with Crippen molar-refractivity contribution < 1.29 is 28.6 Å². The van der Waals surface area contributed by atoms with E-state index in [2.05, 4.69) is 5.32 Å². The monoisotopic (exact) mass is 454 g/mol. The van der Waals surface area contributed by atoms with Crippen molar-refractivity contribution in [1.29, 1.82) is 0 Å². The number of benzene rings is 2. The summed E-state index contributed by atoms with van der Waals surface area (Å²) < 4.78 is 16.4. The number of piperazine rings is 1. The zero-order chi connectivity index (χ0) is 23.8. The number of ether oxygens (including phenoxy) is 3. The summed E-state index contributed by atoms with van der Waals surface area (Å²) in [7, 11) is 0. The Labute approximate surface area is 193 Å². The van der Waals surface area contributed by atoms with Gasteiger partial charge in [-0.15, -0.1) is 0 Å². The molecule has 0 unspecified atom stereocenters. The first-order valence-corrected chi connectivity index (χ1v) is 10.9. The number of rotatable bonds is 6. The first-order chi connectivity index (χ1) is 15.7. The molecule has 1 N–H and O–H groups in total. The summed E-state index contributed by atoms with van der Waals surface area (Å²) in [5, 5.41) is 3.00. The Bertz CT molecular complexity index is 942. The van der Waals surface area contributed by atoms with E-state index in [0.29, 0.717) is 6.54 Å². The van der Waals surface area contributed by atoms with Gasteiger partial charge in [0, 0.05) is 13.1 Å². The van der Waals surface area contributed by atoms with Crippen LogP contribution >= 0.6 is 0 Å². The van der Waals surface area contributed by atoms with Gasteiger partial charge in [0.1, 0.15) is 24.9 Å². The largest absolute Gasteiger partial charge is 0.459 e. The van der Waals surface area contributed by atoms with Crippen LogP contribution in [0.3, 0.4) is 0 Å². The van der Waals surface area contributed by atoms with E-state index in [1.807, 2.05) is 60.7 Å². The zero-order valence-electron chi connectivity index (χ0n) is 19.2. The normalized spacial score (nSPS) is 18.3. The van der Waals surface area contributed by atoms with Gasteiger partial charge in [0.2, 0.25) is 0 Å². The maximum absolute atomic E-state index is 13.1. The number of hydrogen-bond donors (Lipinski definition) is 1. The fourth-order valence-electron chi connectivity index (χ4n) is 3.43. The van der Waals surface area contributed by atoms with E-state index in [-0.39, 0.29) is 19.8 Å². The third kappa shape index (κ3) is 7.05. The van der Waals surface area contributed by atoms with Crippen LogP contribution in [0.4, 0.5) is 4.79 Å². The molecule has 0 aliphatic carbocycles. The van der Waals surface area contributed by atoms with Gasteiger partial charge in [-0.05, 0) is 31.9 Å². The van der Waals surface area contributed by atoms with Gasteiger partial charge in [-0.25, -0.2) is 9.59 Å². The average molecular weight is 455 g/mol. The van der Waals surface area contributed by atoms with Crippen molar-refractivity contribution in [3.63, 3.8) is 0 Å². The Kier molecular flexibility index (Phi) is 8.06. The number of nitrogens with one attached hydrogen (secondary N) is 1. The SMILES string of the molecule is CC(C)(C)OC(=O)[C@@H]1NCCN(C(=O)OCc2ccccc2)[C@@H]1C(=O)OCc1ccccc1. The highest BCUT2D eigenvalue weighted by atomic mass is 16.6. The average Bonchev–Trinajstić information content (AvgIpc) is 2.80. The van der Waals surface area contributed by atoms with Gasteiger partial charge >= 0.3 is 18.0 Å². The van der Waals surface area contributed by atoms with Crippen molar-refractivity contribution >= 4 is 18.0 Å². The molecule has 33 heavy (non-hydrogen) atoms. The molecule has 3 rings (SSSR count). The van der Waals surface area contributed by atoms with E-state index in [1.165, 1.54) is 4.90 Å². The van der Waals surface area contributed by atoms with E-state index >= 15 is 0 Å². The van der Waals surface area contributed by atoms with Crippen molar-refractivity contribution in [3.8, 4) is 0 Å². The van der Waals surface area contributed by atoms with Crippen molar-refractivity contribution in [2.75, 3.05) is 13.1 Å². The second-order valence-corrected chi connectivity index (χ2v) is 8.74. The van der Waals surface area contributed by atoms with Crippen molar-refractivity contribution in [3.05, 3.63) is 71.8 Å². The maximum Gasteiger partial charge on any atom is 0.410 e. The smallest absolute Gasteiger partial charge is 0.410 e.